The lowest BCUT2D eigenvalue weighted by atomic mass is 10.4. The Kier molecular flexibility index (Phi) is 8.75. The summed E-state index contributed by atoms with van der Waals surface area (Å²) in [6, 6.07) is -0.528. The first-order chi connectivity index (χ1) is 3.72. The van der Waals surface area contributed by atoms with Crippen LogP contribution in [0, 0.1) is 0 Å². The fraction of sp³-hybridized carbons (Fsp3) is 0.750. The van der Waals surface area contributed by atoms with Crippen molar-refractivity contribution in [2.45, 2.75) is 6.04 Å². The fourth-order valence-electron chi connectivity index (χ4n) is 0.214. The van der Waals surface area contributed by atoms with Crippen molar-refractivity contribution in [2.24, 2.45) is 5.73 Å². The molecule has 0 aliphatic rings. The Morgan fingerprint density at radius 2 is 2.33 bits per heavy atom. The Hall–Kier alpha value is 0.390. The van der Waals surface area contributed by atoms with Gasteiger partial charge >= 0.3 is 5.97 Å². The van der Waals surface area contributed by atoms with Crippen LogP contribution >= 0.6 is 32.9 Å². The molecule has 1 atom stereocenters. The summed E-state index contributed by atoms with van der Waals surface area (Å²) in [5.74, 6) is -0.387. The van der Waals surface area contributed by atoms with E-state index in [0.717, 1.165) is 0 Å². The van der Waals surface area contributed by atoms with Crippen molar-refractivity contribution in [3.63, 3.8) is 0 Å². The number of esters is 1. The first-order valence-electron chi connectivity index (χ1n) is 2.11. The fourth-order valence-corrected chi connectivity index (χ4v) is 0.479. The summed E-state index contributed by atoms with van der Waals surface area (Å²) in [6.45, 7) is 0. The molecule has 0 aromatic carbocycles. The number of hydrogen-bond donors (Lipinski definition) is 1. The van der Waals surface area contributed by atoms with E-state index in [1.54, 1.807) is 0 Å². The Balaban J connectivity index is 0. The zero-order valence-corrected chi connectivity index (χ0v) is 8.26. The number of hydrogen-bond acceptors (Lipinski definition) is 3. The number of carbonyl (C=O) groups is 1. The second-order valence-corrected chi connectivity index (χ2v) is 1.93. The molecule has 56 valence electrons. The van der Waals surface area contributed by atoms with E-state index in [0.29, 0.717) is 5.33 Å². The second-order valence-electron chi connectivity index (χ2n) is 1.28. The summed E-state index contributed by atoms with van der Waals surface area (Å²) in [7, 11) is 1.31. The van der Waals surface area contributed by atoms with Gasteiger partial charge in [-0.3, -0.25) is 4.79 Å². The normalized spacial score (nSPS) is 11.4. The van der Waals surface area contributed by atoms with E-state index >= 15 is 0 Å². The van der Waals surface area contributed by atoms with Gasteiger partial charge in [-0.2, -0.15) is 0 Å². The zero-order chi connectivity index (χ0) is 6.57. The van der Waals surface area contributed by atoms with Crippen LogP contribution in [-0.2, 0) is 9.53 Å². The summed E-state index contributed by atoms with van der Waals surface area (Å²) in [6.07, 6.45) is 0. The van der Waals surface area contributed by atoms with Crippen molar-refractivity contribution in [3.8, 4) is 0 Å². The minimum absolute atomic E-state index is 0. The molecule has 0 saturated carbocycles. The molecule has 2 N–H and O–H groups in total. The topological polar surface area (TPSA) is 52.3 Å². The van der Waals surface area contributed by atoms with Crippen molar-refractivity contribution in [1.82, 2.24) is 0 Å². The summed E-state index contributed by atoms with van der Waals surface area (Å²) in [4.78, 5) is 10.4. The third kappa shape index (κ3) is 4.87. The quantitative estimate of drug-likeness (QED) is 0.581. The molecule has 0 rings (SSSR count). The first kappa shape index (κ1) is 12.1. The highest BCUT2D eigenvalue weighted by atomic mass is 79.9. The summed E-state index contributed by atoms with van der Waals surface area (Å²) < 4.78 is 4.31. The number of methoxy groups -OCH3 is 1. The Morgan fingerprint density at radius 1 is 1.89 bits per heavy atom. The van der Waals surface area contributed by atoms with Crippen molar-refractivity contribution in [3.05, 3.63) is 0 Å². The standard InChI is InChI=1S/C4H8BrNO2.BrH/c1-8-4(7)3(6)2-5;/h3H,2,6H2,1H3;1H/t3-;/m0./s1. The molecule has 0 radical (unpaired) electrons. The van der Waals surface area contributed by atoms with Crippen LogP contribution in [0.15, 0.2) is 0 Å². The van der Waals surface area contributed by atoms with Gasteiger partial charge in [-0.15, -0.1) is 17.0 Å². The van der Waals surface area contributed by atoms with E-state index in [4.69, 9.17) is 5.73 Å². The third-order valence-electron chi connectivity index (χ3n) is 0.670. The van der Waals surface area contributed by atoms with Crippen molar-refractivity contribution in [1.29, 1.82) is 0 Å². The van der Waals surface area contributed by atoms with Crippen LogP contribution in [0.25, 0.3) is 0 Å². The lowest BCUT2D eigenvalue weighted by Gasteiger charge is -2.02. The summed E-state index contributed by atoms with van der Waals surface area (Å²) >= 11 is 3.03. The summed E-state index contributed by atoms with van der Waals surface area (Å²) in [5, 5.41) is 0.444. The van der Waals surface area contributed by atoms with Crippen molar-refractivity contribution < 1.29 is 9.53 Å². The highest BCUT2D eigenvalue weighted by molar-refractivity contribution is 9.09. The van der Waals surface area contributed by atoms with Gasteiger partial charge in [-0.25, -0.2) is 0 Å². The molecule has 3 nitrogen and oxygen atoms in total. The maximum Gasteiger partial charge on any atom is 0.323 e. The number of ether oxygens (including phenoxy) is 1. The molecule has 0 spiro atoms. The zero-order valence-electron chi connectivity index (χ0n) is 4.96. The lowest BCUT2D eigenvalue weighted by Crippen LogP contribution is -2.32. The first-order valence-corrected chi connectivity index (χ1v) is 3.24. The van der Waals surface area contributed by atoms with E-state index in [1.807, 2.05) is 0 Å². The Bertz CT molecular complexity index is 88.6. The lowest BCUT2D eigenvalue weighted by molar-refractivity contribution is -0.141. The molecule has 0 bridgehead atoms. The molecule has 5 heteroatoms. The highest BCUT2D eigenvalue weighted by Gasteiger charge is 2.09. The average Bonchev–Trinajstić information content (AvgIpc) is 1.84. The molecular formula is C4H9Br2NO2. The van der Waals surface area contributed by atoms with E-state index in [1.165, 1.54) is 7.11 Å². The van der Waals surface area contributed by atoms with Crippen molar-refractivity contribution in [2.75, 3.05) is 12.4 Å². The largest absolute Gasteiger partial charge is 0.468 e. The summed E-state index contributed by atoms with van der Waals surface area (Å²) in [5.41, 5.74) is 5.21. The molecular weight excluding hydrogens is 254 g/mol. The second kappa shape index (κ2) is 6.51. The number of nitrogens with two attached hydrogens (primary N) is 1. The molecule has 0 aromatic rings. The highest BCUT2D eigenvalue weighted by Crippen LogP contribution is 1.88. The molecule has 0 saturated heterocycles. The van der Waals surface area contributed by atoms with Gasteiger partial charge in [0.15, 0.2) is 0 Å². The van der Waals surface area contributed by atoms with Gasteiger partial charge in [0.1, 0.15) is 6.04 Å². The smallest absolute Gasteiger partial charge is 0.323 e. The predicted molar refractivity (Wildman–Crippen MR) is 44.1 cm³/mol. The van der Waals surface area contributed by atoms with Crippen LogP contribution in [0.3, 0.4) is 0 Å². The van der Waals surface area contributed by atoms with E-state index in [2.05, 4.69) is 20.7 Å². The predicted octanol–water partition coefficient (Wildman–Crippen LogP) is 0.460. The maximum atomic E-state index is 10.4. The van der Waals surface area contributed by atoms with E-state index < -0.39 is 6.04 Å². The molecule has 0 aliphatic carbocycles. The third-order valence-corrected chi connectivity index (χ3v) is 1.37. The van der Waals surface area contributed by atoms with Crippen LogP contribution in [0.1, 0.15) is 0 Å². The Morgan fingerprint density at radius 3 is 2.44 bits per heavy atom. The Labute approximate surface area is 72.8 Å². The van der Waals surface area contributed by atoms with E-state index in [-0.39, 0.29) is 23.0 Å². The number of carbonyl (C=O) groups excluding carboxylic acids is 1. The molecule has 0 aliphatic heterocycles. The molecule has 0 amide bonds. The van der Waals surface area contributed by atoms with Crippen LogP contribution in [0.4, 0.5) is 0 Å². The minimum Gasteiger partial charge on any atom is -0.468 e. The van der Waals surface area contributed by atoms with Gasteiger partial charge in [0, 0.05) is 5.33 Å². The SMILES string of the molecule is Br.COC(=O)[C@@H](N)CBr. The van der Waals surface area contributed by atoms with Crippen LogP contribution < -0.4 is 5.73 Å². The monoisotopic (exact) mass is 261 g/mol. The van der Waals surface area contributed by atoms with Crippen LogP contribution in [0.2, 0.25) is 0 Å². The van der Waals surface area contributed by atoms with Gasteiger partial charge in [-0.1, -0.05) is 15.9 Å². The number of alkyl halides is 1. The van der Waals surface area contributed by atoms with Gasteiger partial charge < -0.3 is 10.5 Å². The molecule has 0 fully saturated rings. The van der Waals surface area contributed by atoms with Gasteiger partial charge in [0.2, 0.25) is 0 Å². The molecule has 9 heavy (non-hydrogen) atoms. The molecule has 0 aromatic heterocycles. The number of rotatable bonds is 2. The molecule has 0 heterocycles. The van der Waals surface area contributed by atoms with Gasteiger partial charge in [0.25, 0.3) is 0 Å². The average molecular weight is 263 g/mol. The van der Waals surface area contributed by atoms with Gasteiger partial charge in [0.05, 0.1) is 7.11 Å². The van der Waals surface area contributed by atoms with Crippen molar-refractivity contribution >= 4 is 38.9 Å². The van der Waals surface area contributed by atoms with Crippen LogP contribution in [-0.4, -0.2) is 24.5 Å². The minimum atomic E-state index is -0.528. The molecule has 0 unspecified atom stereocenters. The number of halogens is 2. The van der Waals surface area contributed by atoms with Gasteiger partial charge in [-0.05, 0) is 0 Å². The van der Waals surface area contributed by atoms with Crippen LogP contribution in [0.5, 0.6) is 0 Å². The van der Waals surface area contributed by atoms with E-state index in [9.17, 15) is 4.79 Å². The maximum absolute atomic E-state index is 10.4.